The first-order chi connectivity index (χ1) is 9.03. The average molecular weight is 311 g/mol. The molecule has 0 unspecified atom stereocenters. The van der Waals surface area contributed by atoms with Crippen molar-refractivity contribution in [3.63, 3.8) is 0 Å². The van der Waals surface area contributed by atoms with Crippen molar-refractivity contribution in [3.8, 4) is 5.75 Å². The van der Waals surface area contributed by atoms with Crippen LogP contribution in [0.2, 0.25) is 0 Å². The number of amides is 1. The number of ether oxygens (including phenoxy) is 1. The number of nitrogens with one attached hydrogen (secondary N) is 1. The molecule has 0 aromatic heterocycles. The largest absolute Gasteiger partial charge is 0.516 e. The van der Waals surface area contributed by atoms with E-state index in [4.69, 9.17) is 0 Å². The van der Waals surface area contributed by atoms with Crippen molar-refractivity contribution >= 4 is 21.9 Å². The minimum Gasteiger partial charge on any atom is -0.427 e. The Hall–Kier alpha value is -2.10. The van der Waals surface area contributed by atoms with Gasteiger partial charge in [0.15, 0.2) is 0 Å². The molecule has 0 spiro atoms. The maximum atomic E-state index is 12.1. The van der Waals surface area contributed by atoms with Crippen LogP contribution in [0, 0.1) is 0 Å². The minimum atomic E-state index is -5.76. The van der Waals surface area contributed by atoms with E-state index < -0.39 is 27.4 Å². The Morgan fingerprint density at radius 1 is 1.15 bits per heavy atom. The predicted octanol–water partition coefficient (Wildman–Crippen LogP) is 1.19. The molecule has 0 aliphatic heterocycles. The fraction of sp³-hybridized carbons (Fsp3) is 0.200. The number of sulfonamides is 1. The summed E-state index contributed by atoms with van der Waals surface area (Å²) in [6, 6.07) is 4.30. The van der Waals surface area contributed by atoms with Gasteiger partial charge in [-0.15, -0.1) is 0 Å². The number of rotatable bonds is 3. The number of hydrogen-bond acceptors (Lipinski definition) is 5. The molecule has 0 radical (unpaired) electrons. The average Bonchev–Trinajstić information content (AvgIpc) is 2.26. The summed E-state index contributed by atoms with van der Waals surface area (Å²) in [4.78, 5) is 22.0. The highest BCUT2D eigenvalue weighted by Crippen LogP contribution is 2.22. The normalized spacial score (nSPS) is 11.8. The molecule has 1 amide bonds. The molecule has 1 aromatic carbocycles. The summed E-state index contributed by atoms with van der Waals surface area (Å²) in [5.74, 6) is -2.01. The number of benzene rings is 1. The highest BCUT2D eigenvalue weighted by molar-refractivity contribution is 7.90. The van der Waals surface area contributed by atoms with Gasteiger partial charge in [-0.25, -0.2) is 4.72 Å². The van der Waals surface area contributed by atoms with E-state index in [0.29, 0.717) is 0 Å². The molecule has 6 nitrogen and oxygen atoms in total. The Morgan fingerprint density at radius 3 is 2.05 bits per heavy atom. The highest BCUT2D eigenvalue weighted by Gasteiger charge is 2.47. The van der Waals surface area contributed by atoms with Gasteiger partial charge in [-0.1, -0.05) is 0 Å². The summed E-state index contributed by atoms with van der Waals surface area (Å²) >= 11 is 0. The molecule has 1 N–H and O–H groups in total. The van der Waals surface area contributed by atoms with E-state index in [1.54, 1.807) is 0 Å². The zero-order chi connectivity index (χ0) is 15.6. The van der Waals surface area contributed by atoms with Crippen LogP contribution in [0.3, 0.4) is 0 Å². The van der Waals surface area contributed by atoms with Gasteiger partial charge in [0.1, 0.15) is 5.75 Å². The fourth-order valence-electron chi connectivity index (χ4n) is 1.08. The second-order valence-corrected chi connectivity index (χ2v) is 5.17. The maximum absolute atomic E-state index is 12.1. The first-order valence-electron chi connectivity index (χ1n) is 4.95. The van der Waals surface area contributed by atoms with Gasteiger partial charge in [0.25, 0.3) is 5.91 Å². The summed E-state index contributed by atoms with van der Waals surface area (Å²) in [6.45, 7) is 1.14. The van der Waals surface area contributed by atoms with Crippen LogP contribution >= 0.6 is 0 Å². The Balaban J connectivity index is 2.87. The molecule has 0 aliphatic carbocycles. The van der Waals surface area contributed by atoms with Crippen molar-refractivity contribution in [1.82, 2.24) is 4.72 Å². The van der Waals surface area contributed by atoms with Gasteiger partial charge < -0.3 is 4.74 Å². The minimum absolute atomic E-state index is 0.0627. The number of alkyl halides is 3. The van der Waals surface area contributed by atoms with Gasteiger partial charge in [0.05, 0.1) is 0 Å². The Morgan fingerprint density at radius 2 is 1.65 bits per heavy atom. The lowest BCUT2D eigenvalue weighted by Crippen LogP contribution is -2.40. The third kappa shape index (κ3) is 3.95. The van der Waals surface area contributed by atoms with Crippen LogP contribution in [-0.4, -0.2) is 25.8 Å². The van der Waals surface area contributed by atoms with E-state index in [-0.39, 0.29) is 11.3 Å². The number of esters is 1. The van der Waals surface area contributed by atoms with Crippen molar-refractivity contribution < 1.29 is 35.9 Å². The molecular weight excluding hydrogens is 303 g/mol. The van der Waals surface area contributed by atoms with Crippen LogP contribution in [0.4, 0.5) is 13.2 Å². The molecule has 0 saturated carbocycles. The van der Waals surface area contributed by atoms with E-state index in [9.17, 15) is 31.2 Å². The van der Waals surface area contributed by atoms with Crippen LogP contribution in [0.15, 0.2) is 24.3 Å². The van der Waals surface area contributed by atoms with Crippen LogP contribution in [0.5, 0.6) is 5.75 Å². The second kappa shape index (κ2) is 5.49. The molecule has 0 bridgehead atoms. The zero-order valence-electron chi connectivity index (χ0n) is 9.89. The van der Waals surface area contributed by atoms with E-state index in [1.165, 1.54) is 0 Å². The molecule has 110 valence electrons. The number of hydrogen-bond donors (Lipinski definition) is 1. The Labute approximate surface area is 111 Å². The van der Waals surface area contributed by atoms with Crippen molar-refractivity contribution in [2.24, 2.45) is 0 Å². The van der Waals surface area contributed by atoms with Gasteiger partial charge >= 0.3 is 21.5 Å². The standard InChI is InChI=1S/C10H8F3NO5S/c1-6(15)19-8-4-2-7(3-5-8)9(16)14-20(17,18)10(11,12)13/h2-5H,1H3,(H,14,16). The van der Waals surface area contributed by atoms with E-state index in [2.05, 4.69) is 4.74 Å². The molecule has 0 fully saturated rings. The van der Waals surface area contributed by atoms with Gasteiger partial charge in [-0.05, 0) is 24.3 Å². The summed E-state index contributed by atoms with van der Waals surface area (Å²) in [6.07, 6.45) is 0. The third-order valence-electron chi connectivity index (χ3n) is 1.91. The summed E-state index contributed by atoms with van der Waals surface area (Å²) in [5.41, 5.74) is -5.92. The summed E-state index contributed by atoms with van der Waals surface area (Å²) in [5, 5.41) is 0. The van der Waals surface area contributed by atoms with Crippen LogP contribution < -0.4 is 9.46 Å². The lowest BCUT2D eigenvalue weighted by atomic mass is 10.2. The molecule has 0 saturated heterocycles. The molecule has 1 aromatic rings. The summed E-state index contributed by atoms with van der Waals surface area (Å²) < 4.78 is 63.1. The quantitative estimate of drug-likeness (QED) is 0.669. The Kier molecular flexibility index (Phi) is 4.38. The molecular formula is C10H8F3NO5S. The van der Waals surface area contributed by atoms with Crippen LogP contribution in [0.25, 0.3) is 0 Å². The maximum Gasteiger partial charge on any atom is 0.516 e. The number of carbonyl (C=O) groups excluding carboxylic acids is 2. The molecule has 0 heterocycles. The third-order valence-corrected chi connectivity index (χ3v) is 2.97. The Bertz CT molecular complexity index is 621. The molecule has 0 aliphatic rings. The van der Waals surface area contributed by atoms with Crippen molar-refractivity contribution in [2.75, 3.05) is 0 Å². The first-order valence-corrected chi connectivity index (χ1v) is 6.43. The van der Waals surface area contributed by atoms with E-state index in [1.807, 2.05) is 0 Å². The lowest BCUT2D eigenvalue weighted by Gasteiger charge is -2.09. The molecule has 1 rings (SSSR count). The second-order valence-electron chi connectivity index (χ2n) is 3.50. The SMILES string of the molecule is CC(=O)Oc1ccc(C(=O)NS(=O)(=O)C(F)(F)F)cc1. The van der Waals surface area contributed by atoms with E-state index >= 15 is 0 Å². The zero-order valence-corrected chi connectivity index (χ0v) is 10.7. The molecule has 20 heavy (non-hydrogen) atoms. The summed E-state index contributed by atoms with van der Waals surface area (Å²) in [7, 11) is -5.76. The van der Waals surface area contributed by atoms with E-state index in [0.717, 1.165) is 35.9 Å². The molecule has 10 heteroatoms. The van der Waals surface area contributed by atoms with Crippen LogP contribution in [0.1, 0.15) is 17.3 Å². The van der Waals surface area contributed by atoms with Crippen molar-refractivity contribution in [3.05, 3.63) is 29.8 Å². The van der Waals surface area contributed by atoms with Gasteiger partial charge in [0, 0.05) is 12.5 Å². The highest BCUT2D eigenvalue weighted by atomic mass is 32.2. The fourth-order valence-corrected chi connectivity index (χ4v) is 1.56. The lowest BCUT2D eigenvalue weighted by molar-refractivity contribution is -0.131. The van der Waals surface area contributed by atoms with Gasteiger partial charge in [-0.3, -0.25) is 9.59 Å². The van der Waals surface area contributed by atoms with Crippen LogP contribution in [-0.2, 0) is 14.8 Å². The topological polar surface area (TPSA) is 89.5 Å². The van der Waals surface area contributed by atoms with Crippen molar-refractivity contribution in [1.29, 1.82) is 0 Å². The smallest absolute Gasteiger partial charge is 0.427 e. The monoisotopic (exact) mass is 311 g/mol. The van der Waals surface area contributed by atoms with Crippen molar-refractivity contribution in [2.45, 2.75) is 12.4 Å². The van der Waals surface area contributed by atoms with Gasteiger partial charge in [-0.2, -0.15) is 21.6 Å². The molecule has 0 atom stereocenters. The number of carbonyl (C=O) groups is 2. The number of halogens is 3. The predicted molar refractivity (Wildman–Crippen MR) is 60.2 cm³/mol. The first kappa shape index (κ1) is 16.0. The van der Waals surface area contributed by atoms with Gasteiger partial charge in [0.2, 0.25) is 0 Å².